The third-order valence-electron chi connectivity index (χ3n) is 3.84. The number of rotatable bonds is 3. The summed E-state index contributed by atoms with van der Waals surface area (Å²) in [6, 6.07) is 7.64. The van der Waals surface area contributed by atoms with Crippen molar-refractivity contribution in [2.24, 2.45) is 0 Å². The predicted octanol–water partition coefficient (Wildman–Crippen LogP) is 2.24. The lowest BCUT2D eigenvalue weighted by atomic mass is 10.1. The molecular formula is C16H26N2O. The molecule has 0 radical (unpaired) electrons. The molecule has 106 valence electrons. The van der Waals surface area contributed by atoms with Gasteiger partial charge >= 0.3 is 0 Å². The Balaban J connectivity index is 2.17. The summed E-state index contributed by atoms with van der Waals surface area (Å²) in [6.07, 6.45) is 1.97. The van der Waals surface area contributed by atoms with Crippen molar-refractivity contribution in [2.45, 2.75) is 45.7 Å². The quantitative estimate of drug-likeness (QED) is 0.877. The lowest BCUT2D eigenvalue weighted by Gasteiger charge is -2.27. The zero-order valence-corrected chi connectivity index (χ0v) is 12.3. The Morgan fingerprint density at radius 1 is 1.26 bits per heavy atom. The van der Waals surface area contributed by atoms with Crippen molar-refractivity contribution < 1.29 is 5.11 Å². The van der Waals surface area contributed by atoms with Crippen molar-refractivity contribution in [2.75, 3.05) is 24.6 Å². The van der Waals surface area contributed by atoms with Gasteiger partial charge in [-0.1, -0.05) is 6.07 Å². The molecule has 1 aliphatic heterocycles. The smallest absolute Gasteiger partial charge is 0.0446 e. The lowest BCUT2D eigenvalue weighted by Crippen LogP contribution is -2.40. The summed E-state index contributed by atoms with van der Waals surface area (Å²) in [4.78, 5) is 2.46. The summed E-state index contributed by atoms with van der Waals surface area (Å²) in [7, 11) is 0. The maximum absolute atomic E-state index is 9.18. The number of aliphatic hydroxyl groups excluding tert-OH is 1. The van der Waals surface area contributed by atoms with Crippen molar-refractivity contribution in [3.63, 3.8) is 0 Å². The van der Waals surface area contributed by atoms with E-state index in [-0.39, 0.29) is 6.61 Å². The van der Waals surface area contributed by atoms with Gasteiger partial charge in [-0.25, -0.2) is 0 Å². The molecule has 0 amide bonds. The van der Waals surface area contributed by atoms with Crippen molar-refractivity contribution >= 4 is 5.69 Å². The number of aryl methyl sites for hydroxylation is 2. The molecule has 1 aromatic carbocycles. The van der Waals surface area contributed by atoms with Crippen LogP contribution in [-0.4, -0.2) is 36.9 Å². The van der Waals surface area contributed by atoms with E-state index >= 15 is 0 Å². The van der Waals surface area contributed by atoms with E-state index < -0.39 is 0 Å². The number of hydrogen-bond donors (Lipinski definition) is 2. The summed E-state index contributed by atoms with van der Waals surface area (Å²) >= 11 is 0. The molecule has 0 saturated carbocycles. The van der Waals surface area contributed by atoms with Gasteiger partial charge in [-0.2, -0.15) is 0 Å². The Morgan fingerprint density at radius 3 is 2.58 bits per heavy atom. The Hall–Kier alpha value is -1.06. The van der Waals surface area contributed by atoms with Gasteiger partial charge in [0.15, 0.2) is 0 Å². The van der Waals surface area contributed by atoms with Crippen molar-refractivity contribution in [3.05, 3.63) is 29.3 Å². The SMILES string of the molecule is Cc1cc(C)cc(N2CCC(C)NC(CCO)C2)c1. The van der Waals surface area contributed by atoms with Crippen LogP contribution in [-0.2, 0) is 0 Å². The fourth-order valence-electron chi connectivity index (χ4n) is 2.94. The zero-order chi connectivity index (χ0) is 13.8. The van der Waals surface area contributed by atoms with Gasteiger partial charge in [0.1, 0.15) is 0 Å². The Labute approximate surface area is 116 Å². The summed E-state index contributed by atoms with van der Waals surface area (Å²) in [5, 5.41) is 12.8. The molecule has 2 rings (SSSR count). The maximum atomic E-state index is 9.18. The molecule has 19 heavy (non-hydrogen) atoms. The maximum Gasteiger partial charge on any atom is 0.0446 e. The fraction of sp³-hybridized carbons (Fsp3) is 0.625. The summed E-state index contributed by atoms with van der Waals surface area (Å²) in [6.45, 7) is 8.86. The molecule has 2 atom stereocenters. The second-order valence-corrected chi connectivity index (χ2v) is 5.86. The Bertz CT molecular complexity index is 399. The molecule has 1 aromatic rings. The van der Waals surface area contributed by atoms with Gasteiger partial charge in [0.2, 0.25) is 0 Å². The number of nitrogens with zero attached hydrogens (tertiary/aromatic N) is 1. The third-order valence-corrected chi connectivity index (χ3v) is 3.84. The fourth-order valence-corrected chi connectivity index (χ4v) is 2.94. The first-order valence-corrected chi connectivity index (χ1v) is 7.28. The van der Waals surface area contributed by atoms with Crippen LogP contribution < -0.4 is 10.2 Å². The molecule has 1 heterocycles. The predicted molar refractivity (Wildman–Crippen MR) is 80.8 cm³/mol. The molecule has 0 aliphatic carbocycles. The molecule has 2 unspecified atom stereocenters. The number of nitrogens with one attached hydrogen (secondary N) is 1. The van der Waals surface area contributed by atoms with E-state index in [9.17, 15) is 5.11 Å². The second kappa shape index (κ2) is 6.40. The Morgan fingerprint density at radius 2 is 1.95 bits per heavy atom. The largest absolute Gasteiger partial charge is 0.396 e. The van der Waals surface area contributed by atoms with E-state index in [2.05, 4.69) is 49.2 Å². The molecule has 0 spiro atoms. The highest BCUT2D eigenvalue weighted by molar-refractivity contribution is 5.51. The molecule has 1 saturated heterocycles. The minimum atomic E-state index is 0.255. The van der Waals surface area contributed by atoms with Gasteiger partial charge in [0.05, 0.1) is 0 Å². The molecule has 0 bridgehead atoms. The van der Waals surface area contributed by atoms with Crippen LogP contribution in [0.15, 0.2) is 18.2 Å². The van der Waals surface area contributed by atoms with Gasteiger partial charge in [0.25, 0.3) is 0 Å². The van der Waals surface area contributed by atoms with Crippen molar-refractivity contribution in [1.82, 2.24) is 5.32 Å². The van der Waals surface area contributed by atoms with E-state index in [1.54, 1.807) is 0 Å². The van der Waals surface area contributed by atoms with E-state index in [0.717, 1.165) is 25.9 Å². The lowest BCUT2D eigenvalue weighted by molar-refractivity contribution is 0.263. The highest BCUT2D eigenvalue weighted by Gasteiger charge is 2.21. The van der Waals surface area contributed by atoms with Gasteiger partial charge in [-0.3, -0.25) is 0 Å². The molecule has 3 nitrogen and oxygen atoms in total. The Kier molecular flexibility index (Phi) is 4.83. The van der Waals surface area contributed by atoms with Crippen molar-refractivity contribution in [3.8, 4) is 0 Å². The van der Waals surface area contributed by atoms with Gasteiger partial charge in [-0.05, 0) is 56.9 Å². The molecule has 1 aliphatic rings. The van der Waals surface area contributed by atoms with Crippen LogP contribution in [0.25, 0.3) is 0 Å². The van der Waals surface area contributed by atoms with Gasteiger partial charge in [0, 0.05) is 37.5 Å². The van der Waals surface area contributed by atoms with E-state index in [1.165, 1.54) is 16.8 Å². The summed E-state index contributed by atoms with van der Waals surface area (Å²) < 4.78 is 0. The standard InChI is InChI=1S/C16H26N2O/c1-12-8-13(2)10-16(9-12)18-6-4-14(3)17-15(11-18)5-7-19/h8-10,14-15,17,19H,4-7,11H2,1-3H3. The first-order valence-electron chi connectivity index (χ1n) is 7.28. The molecule has 0 aromatic heterocycles. The zero-order valence-electron chi connectivity index (χ0n) is 12.3. The summed E-state index contributed by atoms with van der Waals surface area (Å²) in [5.74, 6) is 0. The minimum absolute atomic E-state index is 0.255. The van der Waals surface area contributed by atoms with Crippen LogP contribution in [0.3, 0.4) is 0 Å². The average Bonchev–Trinajstić information content (AvgIpc) is 2.50. The van der Waals surface area contributed by atoms with Crippen LogP contribution in [0.5, 0.6) is 0 Å². The first kappa shape index (κ1) is 14.4. The monoisotopic (exact) mass is 262 g/mol. The van der Waals surface area contributed by atoms with Crippen LogP contribution in [0.2, 0.25) is 0 Å². The summed E-state index contributed by atoms with van der Waals surface area (Å²) in [5.41, 5.74) is 3.95. The van der Waals surface area contributed by atoms with E-state index in [0.29, 0.717) is 12.1 Å². The van der Waals surface area contributed by atoms with Crippen LogP contribution >= 0.6 is 0 Å². The molecule has 3 heteroatoms. The normalized spacial score (nSPS) is 24.3. The van der Waals surface area contributed by atoms with Crippen LogP contribution in [0.4, 0.5) is 5.69 Å². The topological polar surface area (TPSA) is 35.5 Å². The number of aliphatic hydroxyl groups is 1. The molecule has 2 N–H and O–H groups in total. The van der Waals surface area contributed by atoms with E-state index in [1.807, 2.05) is 0 Å². The number of anilines is 1. The second-order valence-electron chi connectivity index (χ2n) is 5.86. The van der Waals surface area contributed by atoms with Crippen LogP contribution in [0, 0.1) is 13.8 Å². The highest BCUT2D eigenvalue weighted by atomic mass is 16.3. The minimum Gasteiger partial charge on any atom is -0.396 e. The molecule has 1 fully saturated rings. The van der Waals surface area contributed by atoms with Gasteiger partial charge < -0.3 is 15.3 Å². The number of hydrogen-bond acceptors (Lipinski definition) is 3. The third kappa shape index (κ3) is 3.95. The number of benzene rings is 1. The van der Waals surface area contributed by atoms with Crippen molar-refractivity contribution in [1.29, 1.82) is 0 Å². The highest BCUT2D eigenvalue weighted by Crippen LogP contribution is 2.21. The average molecular weight is 262 g/mol. The first-order chi connectivity index (χ1) is 9.08. The van der Waals surface area contributed by atoms with Gasteiger partial charge in [-0.15, -0.1) is 0 Å². The van der Waals surface area contributed by atoms with E-state index in [4.69, 9.17) is 0 Å². The molecular weight excluding hydrogens is 236 g/mol. The van der Waals surface area contributed by atoms with Crippen LogP contribution in [0.1, 0.15) is 30.9 Å².